The number of anilines is 1. The number of hydrogen-bond acceptors (Lipinski definition) is 6. The van der Waals surface area contributed by atoms with Crippen LogP contribution in [0.2, 0.25) is 0 Å². The molecule has 1 saturated carbocycles. The molecule has 1 aliphatic carbocycles. The zero-order valence-electron chi connectivity index (χ0n) is 21.9. The zero-order chi connectivity index (χ0) is 27.1. The van der Waals surface area contributed by atoms with Crippen LogP contribution in [0.3, 0.4) is 0 Å². The number of nitrogens with zero attached hydrogens (tertiary/aromatic N) is 7. The summed E-state index contributed by atoms with van der Waals surface area (Å²) < 4.78 is 3.90. The number of nitrogens with two attached hydrogens (primary N) is 1. The lowest BCUT2D eigenvalue weighted by Gasteiger charge is -2.38. The van der Waals surface area contributed by atoms with Crippen molar-refractivity contribution in [2.24, 2.45) is 0 Å². The second-order valence-electron chi connectivity index (χ2n) is 10.5. The molecule has 6 rings (SSSR count). The van der Waals surface area contributed by atoms with E-state index in [1.807, 2.05) is 43.5 Å². The molecule has 2 amide bonds. The summed E-state index contributed by atoms with van der Waals surface area (Å²) in [4.78, 5) is 32.2. The second-order valence-corrected chi connectivity index (χ2v) is 10.5. The van der Waals surface area contributed by atoms with Gasteiger partial charge in [-0.3, -0.25) is 9.48 Å². The summed E-state index contributed by atoms with van der Waals surface area (Å²) in [6.07, 6.45) is 8.16. The maximum Gasteiger partial charge on any atom is 0.407 e. The Labute approximate surface area is 225 Å². The molecule has 39 heavy (non-hydrogen) atoms. The normalized spacial score (nSPS) is 18.5. The Morgan fingerprint density at radius 2 is 1.85 bits per heavy atom. The van der Waals surface area contributed by atoms with Gasteiger partial charge in [0.25, 0.3) is 5.91 Å². The van der Waals surface area contributed by atoms with Crippen molar-refractivity contribution in [1.82, 2.24) is 34.2 Å². The summed E-state index contributed by atoms with van der Waals surface area (Å²) >= 11 is 0. The van der Waals surface area contributed by atoms with Gasteiger partial charge >= 0.3 is 6.09 Å². The second kappa shape index (κ2) is 10.0. The van der Waals surface area contributed by atoms with Crippen molar-refractivity contribution in [2.45, 2.75) is 51.1 Å². The number of hydrogen-bond donors (Lipinski definition) is 2. The van der Waals surface area contributed by atoms with E-state index in [1.54, 1.807) is 15.5 Å². The fourth-order valence-corrected chi connectivity index (χ4v) is 6.03. The molecule has 1 unspecified atom stereocenters. The average Bonchev–Trinajstić information content (AvgIpc) is 3.59. The fraction of sp³-hybridized carbons (Fsp3) is 0.393. The Balaban J connectivity index is 1.37. The minimum absolute atomic E-state index is 0.126. The van der Waals surface area contributed by atoms with Crippen LogP contribution in [-0.4, -0.2) is 77.0 Å². The summed E-state index contributed by atoms with van der Waals surface area (Å²) in [6.45, 7) is 2.81. The van der Waals surface area contributed by atoms with Crippen molar-refractivity contribution < 1.29 is 14.7 Å². The minimum Gasteiger partial charge on any atom is -0.465 e. The third-order valence-electron chi connectivity index (χ3n) is 8.02. The number of rotatable bonds is 4. The van der Waals surface area contributed by atoms with Crippen LogP contribution in [0.1, 0.15) is 55.4 Å². The van der Waals surface area contributed by atoms with E-state index in [4.69, 9.17) is 5.73 Å². The van der Waals surface area contributed by atoms with Crippen molar-refractivity contribution in [3.8, 4) is 22.5 Å². The molecule has 0 radical (unpaired) electrons. The number of nitrogen functional groups attached to an aromatic ring is 1. The van der Waals surface area contributed by atoms with E-state index in [-0.39, 0.29) is 11.9 Å². The highest BCUT2D eigenvalue weighted by atomic mass is 16.4. The van der Waals surface area contributed by atoms with Crippen molar-refractivity contribution in [2.75, 3.05) is 25.4 Å². The lowest BCUT2D eigenvalue weighted by atomic mass is 9.95. The van der Waals surface area contributed by atoms with Gasteiger partial charge in [0.1, 0.15) is 11.8 Å². The summed E-state index contributed by atoms with van der Waals surface area (Å²) in [7, 11) is 0. The first kappa shape index (κ1) is 24.9. The molecule has 3 N–H and O–H groups in total. The number of carbonyl (C=O) groups is 2. The molecule has 1 saturated heterocycles. The van der Waals surface area contributed by atoms with Gasteiger partial charge < -0.3 is 20.6 Å². The molecule has 2 fully saturated rings. The average molecular weight is 529 g/mol. The van der Waals surface area contributed by atoms with Crippen LogP contribution in [0, 0.1) is 0 Å². The maximum absolute atomic E-state index is 13.4. The van der Waals surface area contributed by atoms with Gasteiger partial charge in [0.15, 0.2) is 5.82 Å². The monoisotopic (exact) mass is 528 g/mol. The van der Waals surface area contributed by atoms with Crippen LogP contribution in [0.4, 0.5) is 10.6 Å². The predicted octanol–water partition coefficient (Wildman–Crippen LogP) is 4.17. The van der Waals surface area contributed by atoms with Crippen LogP contribution < -0.4 is 5.73 Å². The molecule has 1 aliphatic heterocycles. The minimum atomic E-state index is -0.960. The first-order chi connectivity index (χ1) is 18.9. The highest BCUT2D eigenvalue weighted by Crippen LogP contribution is 2.38. The third kappa shape index (κ3) is 4.47. The number of aromatic nitrogens is 5. The number of carboxylic acid groups (broad SMARTS) is 1. The Kier molecular flexibility index (Phi) is 6.41. The molecule has 0 bridgehead atoms. The topological polar surface area (TPSA) is 135 Å². The number of benzene rings is 1. The Morgan fingerprint density at radius 1 is 1.03 bits per heavy atom. The molecule has 4 aromatic rings. The van der Waals surface area contributed by atoms with Crippen molar-refractivity contribution in [3.63, 3.8) is 0 Å². The smallest absolute Gasteiger partial charge is 0.407 e. The molecule has 11 heteroatoms. The highest BCUT2D eigenvalue weighted by Gasteiger charge is 2.30. The van der Waals surface area contributed by atoms with Crippen molar-refractivity contribution >= 4 is 23.3 Å². The number of piperazine rings is 1. The van der Waals surface area contributed by atoms with E-state index >= 15 is 0 Å². The lowest BCUT2D eigenvalue weighted by Crippen LogP contribution is -2.55. The van der Waals surface area contributed by atoms with E-state index in [2.05, 4.69) is 19.9 Å². The Bertz CT molecular complexity index is 1540. The van der Waals surface area contributed by atoms with Gasteiger partial charge in [-0.05, 0) is 44.0 Å². The van der Waals surface area contributed by atoms with Crippen LogP contribution in [0.25, 0.3) is 28.0 Å². The molecular formula is C28H32N8O3. The zero-order valence-corrected chi connectivity index (χ0v) is 21.9. The number of carbonyl (C=O) groups excluding carboxylic acids is 1. The first-order valence-corrected chi connectivity index (χ1v) is 13.5. The largest absolute Gasteiger partial charge is 0.465 e. The van der Waals surface area contributed by atoms with Crippen LogP contribution in [0.15, 0.2) is 48.9 Å². The highest BCUT2D eigenvalue weighted by molar-refractivity contribution is 5.96. The summed E-state index contributed by atoms with van der Waals surface area (Å²) in [5.41, 5.74) is 11.1. The maximum atomic E-state index is 13.4. The van der Waals surface area contributed by atoms with Crippen LogP contribution in [-0.2, 0) is 0 Å². The van der Waals surface area contributed by atoms with E-state index in [9.17, 15) is 14.7 Å². The van der Waals surface area contributed by atoms with Gasteiger partial charge in [0.2, 0.25) is 0 Å². The van der Waals surface area contributed by atoms with Crippen molar-refractivity contribution in [3.05, 3.63) is 54.5 Å². The first-order valence-electron chi connectivity index (χ1n) is 13.5. The molecule has 3 aromatic heterocycles. The van der Waals surface area contributed by atoms with E-state index < -0.39 is 6.09 Å². The molecule has 0 spiro atoms. The lowest BCUT2D eigenvalue weighted by molar-refractivity contribution is 0.0507. The SMILES string of the molecule is CC1CN(C(=O)c2cccc(-c3cc(-c4ccnn4C4CCCCC4)c4c(N)ncnn34)c2)CCN1C(=O)O. The molecule has 4 heterocycles. The van der Waals surface area contributed by atoms with Gasteiger partial charge in [0.05, 0.1) is 17.4 Å². The van der Waals surface area contributed by atoms with Crippen molar-refractivity contribution in [1.29, 1.82) is 0 Å². The van der Waals surface area contributed by atoms with Gasteiger partial charge in [0, 0.05) is 48.6 Å². The molecule has 2 aliphatic rings. The molecule has 1 aromatic carbocycles. The Morgan fingerprint density at radius 3 is 2.62 bits per heavy atom. The predicted molar refractivity (Wildman–Crippen MR) is 146 cm³/mol. The van der Waals surface area contributed by atoms with E-state index in [0.29, 0.717) is 42.6 Å². The van der Waals surface area contributed by atoms with E-state index in [0.717, 1.165) is 35.4 Å². The third-order valence-corrected chi connectivity index (χ3v) is 8.02. The summed E-state index contributed by atoms with van der Waals surface area (Å²) in [5.74, 6) is 0.250. The van der Waals surface area contributed by atoms with Gasteiger partial charge in [-0.15, -0.1) is 0 Å². The number of amides is 2. The molecule has 202 valence electrons. The Hall–Kier alpha value is -4.41. The molecule has 1 atom stereocenters. The van der Waals surface area contributed by atoms with Crippen LogP contribution in [0.5, 0.6) is 0 Å². The quantitative estimate of drug-likeness (QED) is 0.406. The summed E-state index contributed by atoms with van der Waals surface area (Å²) in [6, 6.07) is 11.6. The molecular weight excluding hydrogens is 496 g/mol. The molecule has 11 nitrogen and oxygen atoms in total. The van der Waals surface area contributed by atoms with Gasteiger partial charge in [-0.25, -0.2) is 14.3 Å². The van der Waals surface area contributed by atoms with Gasteiger partial charge in [-0.2, -0.15) is 10.2 Å². The van der Waals surface area contributed by atoms with Gasteiger partial charge in [-0.1, -0.05) is 31.4 Å². The number of fused-ring (bicyclic) bond motifs is 1. The fourth-order valence-electron chi connectivity index (χ4n) is 6.03. The van der Waals surface area contributed by atoms with Crippen LogP contribution >= 0.6 is 0 Å². The standard InChI is InChI=1S/C28H32N8O3/c1-18-16-33(12-13-34(18)28(38)39)27(37)20-7-5-6-19(14-20)24-15-22(25-26(29)30-17-32-36(24)25)23-10-11-31-35(23)21-8-3-2-4-9-21/h5-7,10-11,14-15,17-18,21H,2-4,8-9,12-13,16H2,1H3,(H,38,39)(H2,29,30,32). The summed E-state index contributed by atoms with van der Waals surface area (Å²) in [5, 5.41) is 18.6. The van der Waals surface area contributed by atoms with E-state index in [1.165, 1.54) is 30.5 Å².